The number of nitrogens with zero attached hydrogens (tertiary/aromatic N) is 1. The van der Waals surface area contributed by atoms with Gasteiger partial charge in [0.15, 0.2) is 0 Å². The molecule has 1 aromatic rings. The van der Waals surface area contributed by atoms with Crippen LogP contribution in [-0.2, 0) is 17.5 Å². The number of carbonyl (C=O) groups excluding carboxylic acids is 1. The zero-order valence-electron chi connectivity index (χ0n) is 9.96. The summed E-state index contributed by atoms with van der Waals surface area (Å²) in [5.74, 6) is -0.409. The molecule has 0 saturated carbocycles. The Balaban J connectivity index is 2.95. The largest absolute Gasteiger partial charge is 0.416 e. The molecular formula is C12H13ClF3NO. The zero-order valence-corrected chi connectivity index (χ0v) is 10.7. The molecule has 18 heavy (non-hydrogen) atoms. The highest BCUT2D eigenvalue weighted by molar-refractivity contribution is 6.30. The summed E-state index contributed by atoms with van der Waals surface area (Å²) in [6.07, 6.45) is -4.42. The molecule has 2 nitrogen and oxygen atoms in total. The summed E-state index contributed by atoms with van der Waals surface area (Å²) >= 11 is 5.61. The molecule has 1 rings (SSSR count). The Labute approximate surface area is 108 Å². The molecular weight excluding hydrogens is 267 g/mol. The van der Waals surface area contributed by atoms with Crippen LogP contribution >= 0.6 is 11.6 Å². The first-order chi connectivity index (χ1) is 8.23. The van der Waals surface area contributed by atoms with Crippen LogP contribution in [-0.4, -0.2) is 23.2 Å². The number of alkyl halides is 4. The van der Waals surface area contributed by atoms with E-state index in [4.69, 9.17) is 11.6 Å². The minimum absolute atomic E-state index is 0.0539. The van der Waals surface area contributed by atoms with Gasteiger partial charge in [-0.1, -0.05) is 18.2 Å². The SMILES string of the molecule is CC(Cl)C(=O)N(C)Cc1ccccc1C(F)(F)F. The van der Waals surface area contributed by atoms with Gasteiger partial charge in [-0.15, -0.1) is 11.6 Å². The molecule has 0 bridgehead atoms. The molecule has 0 aromatic heterocycles. The molecule has 0 aliphatic carbocycles. The van der Waals surface area contributed by atoms with Crippen molar-refractivity contribution in [1.82, 2.24) is 4.90 Å². The third-order valence-electron chi connectivity index (χ3n) is 2.45. The van der Waals surface area contributed by atoms with Crippen molar-refractivity contribution >= 4 is 17.5 Å². The van der Waals surface area contributed by atoms with Crippen molar-refractivity contribution in [2.24, 2.45) is 0 Å². The summed E-state index contributed by atoms with van der Waals surface area (Å²) < 4.78 is 38.2. The van der Waals surface area contributed by atoms with Gasteiger partial charge in [0, 0.05) is 13.6 Å². The lowest BCUT2D eigenvalue weighted by atomic mass is 10.1. The molecule has 0 saturated heterocycles. The van der Waals surface area contributed by atoms with Crippen molar-refractivity contribution in [3.8, 4) is 0 Å². The van der Waals surface area contributed by atoms with Gasteiger partial charge < -0.3 is 4.90 Å². The van der Waals surface area contributed by atoms with Gasteiger partial charge in [0.05, 0.1) is 5.56 Å². The van der Waals surface area contributed by atoms with Gasteiger partial charge in [0.25, 0.3) is 0 Å². The molecule has 0 aliphatic heterocycles. The Morgan fingerprint density at radius 1 is 1.39 bits per heavy atom. The third-order valence-corrected chi connectivity index (χ3v) is 2.63. The van der Waals surface area contributed by atoms with Gasteiger partial charge in [0.1, 0.15) is 5.38 Å². The van der Waals surface area contributed by atoms with Crippen molar-refractivity contribution in [2.75, 3.05) is 7.05 Å². The van der Waals surface area contributed by atoms with E-state index in [9.17, 15) is 18.0 Å². The first-order valence-electron chi connectivity index (χ1n) is 5.27. The fourth-order valence-electron chi connectivity index (χ4n) is 1.57. The molecule has 0 spiro atoms. The maximum Gasteiger partial charge on any atom is 0.416 e. The molecule has 1 aromatic carbocycles. The molecule has 1 atom stereocenters. The van der Waals surface area contributed by atoms with Crippen LogP contribution in [0, 0.1) is 0 Å². The summed E-state index contributed by atoms with van der Waals surface area (Å²) in [6.45, 7) is 1.36. The van der Waals surface area contributed by atoms with Crippen LogP contribution in [0.4, 0.5) is 13.2 Å². The van der Waals surface area contributed by atoms with Crippen LogP contribution in [0.1, 0.15) is 18.1 Å². The summed E-state index contributed by atoms with van der Waals surface area (Å²) in [4.78, 5) is 12.7. The van der Waals surface area contributed by atoms with E-state index in [1.165, 1.54) is 37.1 Å². The summed E-state index contributed by atoms with van der Waals surface area (Å²) in [7, 11) is 1.42. The number of halogens is 4. The lowest BCUT2D eigenvalue weighted by molar-refractivity contribution is -0.139. The van der Waals surface area contributed by atoms with Crippen LogP contribution in [0.5, 0.6) is 0 Å². The smallest absolute Gasteiger partial charge is 0.340 e. The van der Waals surface area contributed by atoms with Crippen molar-refractivity contribution < 1.29 is 18.0 Å². The molecule has 1 unspecified atom stereocenters. The second kappa shape index (κ2) is 5.61. The molecule has 0 fully saturated rings. The van der Waals surface area contributed by atoms with E-state index in [1.807, 2.05) is 0 Å². The monoisotopic (exact) mass is 279 g/mol. The van der Waals surface area contributed by atoms with Crippen LogP contribution in [0.2, 0.25) is 0 Å². The Kier molecular flexibility index (Phi) is 4.62. The minimum Gasteiger partial charge on any atom is -0.340 e. The van der Waals surface area contributed by atoms with E-state index < -0.39 is 23.0 Å². The number of carbonyl (C=O) groups is 1. The van der Waals surface area contributed by atoms with E-state index in [1.54, 1.807) is 0 Å². The maximum absolute atomic E-state index is 12.7. The molecule has 6 heteroatoms. The lowest BCUT2D eigenvalue weighted by Gasteiger charge is -2.21. The predicted molar refractivity (Wildman–Crippen MR) is 63.2 cm³/mol. The second-order valence-electron chi connectivity index (χ2n) is 3.97. The number of hydrogen-bond acceptors (Lipinski definition) is 1. The molecule has 0 aliphatic rings. The van der Waals surface area contributed by atoms with Crippen molar-refractivity contribution in [3.63, 3.8) is 0 Å². The summed E-state index contributed by atoms with van der Waals surface area (Å²) in [6, 6.07) is 5.18. The number of benzene rings is 1. The Morgan fingerprint density at radius 2 is 1.94 bits per heavy atom. The Hall–Kier alpha value is -1.23. The molecule has 0 radical (unpaired) electrons. The van der Waals surface area contributed by atoms with Crippen LogP contribution < -0.4 is 0 Å². The molecule has 0 heterocycles. The summed E-state index contributed by atoms with van der Waals surface area (Å²) in [5, 5.41) is -0.756. The molecule has 1 amide bonds. The van der Waals surface area contributed by atoms with Crippen LogP contribution in [0.25, 0.3) is 0 Å². The van der Waals surface area contributed by atoms with Gasteiger partial charge in [-0.3, -0.25) is 4.79 Å². The summed E-state index contributed by atoms with van der Waals surface area (Å²) in [5.41, 5.74) is -0.676. The highest BCUT2D eigenvalue weighted by Gasteiger charge is 2.33. The van der Waals surface area contributed by atoms with Crippen LogP contribution in [0.3, 0.4) is 0 Å². The maximum atomic E-state index is 12.7. The fraction of sp³-hybridized carbons (Fsp3) is 0.417. The van der Waals surface area contributed by atoms with Gasteiger partial charge in [-0.25, -0.2) is 0 Å². The van der Waals surface area contributed by atoms with E-state index >= 15 is 0 Å². The highest BCUT2D eigenvalue weighted by Crippen LogP contribution is 2.32. The molecule has 0 N–H and O–H groups in total. The van der Waals surface area contributed by atoms with Crippen molar-refractivity contribution in [3.05, 3.63) is 35.4 Å². The topological polar surface area (TPSA) is 20.3 Å². The van der Waals surface area contributed by atoms with Crippen molar-refractivity contribution in [1.29, 1.82) is 0 Å². The van der Waals surface area contributed by atoms with E-state index in [2.05, 4.69) is 0 Å². The average molecular weight is 280 g/mol. The van der Waals surface area contributed by atoms with Gasteiger partial charge in [0.2, 0.25) is 5.91 Å². The van der Waals surface area contributed by atoms with Gasteiger partial charge in [-0.05, 0) is 18.6 Å². The zero-order chi connectivity index (χ0) is 13.9. The average Bonchev–Trinajstić information content (AvgIpc) is 2.27. The highest BCUT2D eigenvalue weighted by atomic mass is 35.5. The minimum atomic E-state index is -4.42. The number of amides is 1. The fourth-order valence-corrected chi connectivity index (χ4v) is 1.74. The predicted octanol–water partition coefficient (Wildman–Crippen LogP) is 3.29. The lowest BCUT2D eigenvalue weighted by Crippen LogP contribution is -2.32. The standard InChI is InChI=1S/C12H13ClF3NO/c1-8(13)11(18)17(2)7-9-5-3-4-6-10(9)12(14,15)16/h3-6,8H,7H2,1-2H3. The van der Waals surface area contributed by atoms with E-state index in [-0.39, 0.29) is 12.1 Å². The Morgan fingerprint density at radius 3 is 2.44 bits per heavy atom. The van der Waals surface area contributed by atoms with Crippen LogP contribution in [0.15, 0.2) is 24.3 Å². The first-order valence-corrected chi connectivity index (χ1v) is 5.71. The Bertz CT molecular complexity index is 432. The number of hydrogen-bond donors (Lipinski definition) is 0. The third kappa shape index (κ3) is 3.63. The normalized spacial score (nSPS) is 13.2. The van der Waals surface area contributed by atoms with Gasteiger partial charge >= 0.3 is 6.18 Å². The van der Waals surface area contributed by atoms with Gasteiger partial charge in [-0.2, -0.15) is 13.2 Å². The number of rotatable bonds is 3. The quantitative estimate of drug-likeness (QED) is 0.778. The second-order valence-corrected chi connectivity index (χ2v) is 4.62. The van der Waals surface area contributed by atoms with Crippen molar-refractivity contribution in [2.45, 2.75) is 25.0 Å². The first kappa shape index (κ1) is 14.8. The van der Waals surface area contributed by atoms with E-state index in [0.717, 1.165) is 6.07 Å². The van der Waals surface area contributed by atoms with E-state index in [0.29, 0.717) is 0 Å². The molecule has 100 valence electrons.